The third-order valence-electron chi connectivity index (χ3n) is 1.50. The van der Waals surface area contributed by atoms with Crippen LogP contribution in [0.5, 0.6) is 0 Å². The van der Waals surface area contributed by atoms with E-state index in [1.54, 1.807) is 37.6 Å². The summed E-state index contributed by atoms with van der Waals surface area (Å²) in [5, 5.41) is 13.9. The van der Waals surface area contributed by atoms with E-state index in [1.807, 2.05) is 0 Å². The van der Waals surface area contributed by atoms with Gasteiger partial charge in [-0.1, -0.05) is 6.08 Å². The van der Waals surface area contributed by atoms with E-state index in [4.69, 9.17) is 5.11 Å². The smallest absolute Gasteiger partial charge is 0.328 e. The average Bonchev–Trinajstić information content (AvgIpc) is 2.30. The molecule has 0 aromatic heterocycles. The third kappa shape index (κ3) is 1.95. The normalized spacial score (nSPS) is 17.6. The van der Waals surface area contributed by atoms with Crippen molar-refractivity contribution in [1.29, 1.82) is 0 Å². The fraction of sp³-hybridized carbons (Fsp3) is 0.250. The number of carboxylic acid groups (broad SMARTS) is 1. The summed E-state index contributed by atoms with van der Waals surface area (Å²) >= 11 is 0. The number of nitrogens with zero attached hydrogens (tertiary/aromatic N) is 2. The molecule has 1 unspecified atom stereocenters. The van der Waals surface area contributed by atoms with E-state index in [1.165, 1.54) is 5.01 Å². The van der Waals surface area contributed by atoms with E-state index >= 15 is 0 Å². The number of hydrogen-bond acceptors (Lipinski definition) is 3. The number of carbonyl (C=O) groups is 1. The molecule has 0 amide bonds. The number of hydrazone groups is 1. The van der Waals surface area contributed by atoms with E-state index in [0.29, 0.717) is 0 Å². The summed E-state index contributed by atoms with van der Waals surface area (Å²) in [6, 6.07) is -0.627. The SMILES string of the molecule is CC(C(=O)O)N1C=CC=CC=N1. The number of rotatable bonds is 2. The van der Waals surface area contributed by atoms with Gasteiger partial charge >= 0.3 is 5.97 Å². The van der Waals surface area contributed by atoms with Crippen LogP contribution >= 0.6 is 0 Å². The summed E-state index contributed by atoms with van der Waals surface area (Å²) in [4.78, 5) is 10.5. The first-order valence-corrected chi connectivity index (χ1v) is 3.60. The maximum Gasteiger partial charge on any atom is 0.328 e. The molecular formula is C8H10N2O2. The van der Waals surface area contributed by atoms with Gasteiger partial charge in [-0.3, -0.25) is 5.01 Å². The van der Waals surface area contributed by atoms with Crippen LogP contribution in [0.4, 0.5) is 0 Å². The molecule has 1 atom stereocenters. The molecule has 0 spiro atoms. The van der Waals surface area contributed by atoms with Crippen LogP contribution in [0.15, 0.2) is 29.5 Å². The van der Waals surface area contributed by atoms with Gasteiger partial charge in [-0.25, -0.2) is 4.79 Å². The molecule has 1 heterocycles. The van der Waals surface area contributed by atoms with Crippen molar-refractivity contribution in [3.05, 3.63) is 24.4 Å². The first kappa shape index (κ1) is 8.52. The zero-order valence-corrected chi connectivity index (χ0v) is 6.71. The summed E-state index contributed by atoms with van der Waals surface area (Å²) in [6.07, 6.45) is 8.45. The molecule has 0 fully saturated rings. The molecule has 0 saturated heterocycles. The van der Waals surface area contributed by atoms with Crippen molar-refractivity contribution in [3.63, 3.8) is 0 Å². The standard InChI is InChI=1S/C8H10N2O2/c1-7(8(11)12)10-6-4-2-3-5-9-10/h2-7H,1H3,(H,11,12). The molecular weight excluding hydrogens is 156 g/mol. The highest BCUT2D eigenvalue weighted by atomic mass is 16.4. The molecule has 12 heavy (non-hydrogen) atoms. The maximum atomic E-state index is 10.5. The number of aliphatic carboxylic acids is 1. The third-order valence-corrected chi connectivity index (χ3v) is 1.50. The molecule has 4 heteroatoms. The van der Waals surface area contributed by atoms with Crippen molar-refractivity contribution in [2.45, 2.75) is 13.0 Å². The molecule has 64 valence electrons. The van der Waals surface area contributed by atoms with E-state index < -0.39 is 12.0 Å². The van der Waals surface area contributed by atoms with Crippen molar-refractivity contribution in [2.75, 3.05) is 0 Å². The highest BCUT2D eigenvalue weighted by Crippen LogP contribution is 2.02. The lowest BCUT2D eigenvalue weighted by molar-refractivity contribution is -0.141. The second kappa shape index (κ2) is 3.71. The number of allylic oxidation sites excluding steroid dienone is 3. The molecule has 4 nitrogen and oxygen atoms in total. The van der Waals surface area contributed by atoms with Crippen LogP contribution in [0, 0.1) is 0 Å². The lowest BCUT2D eigenvalue weighted by atomic mass is 10.3. The first-order chi connectivity index (χ1) is 5.72. The summed E-state index contributed by atoms with van der Waals surface area (Å²) in [5.74, 6) is -0.890. The minimum atomic E-state index is -0.890. The van der Waals surface area contributed by atoms with Gasteiger partial charge in [0.25, 0.3) is 0 Å². The molecule has 1 N–H and O–H groups in total. The highest BCUT2D eigenvalue weighted by Gasteiger charge is 2.16. The van der Waals surface area contributed by atoms with Crippen LogP contribution in [0.25, 0.3) is 0 Å². The van der Waals surface area contributed by atoms with E-state index in [2.05, 4.69) is 5.10 Å². The lowest BCUT2D eigenvalue weighted by Crippen LogP contribution is -2.30. The largest absolute Gasteiger partial charge is 0.480 e. The molecule has 0 aromatic rings. The quantitative estimate of drug-likeness (QED) is 0.661. The van der Waals surface area contributed by atoms with E-state index in [9.17, 15) is 4.79 Å². The molecule has 0 bridgehead atoms. The predicted molar refractivity (Wildman–Crippen MR) is 45.7 cm³/mol. The molecule has 0 aliphatic carbocycles. The number of hydrogen-bond donors (Lipinski definition) is 1. The molecule has 1 rings (SSSR count). The molecule has 0 saturated carbocycles. The molecule has 0 aromatic carbocycles. The van der Waals surface area contributed by atoms with Gasteiger partial charge in [0.05, 0.1) is 0 Å². The summed E-state index contributed by atoms with van der Waals surface area (Å²) in [5.41, 5.74) is 0. The first-order valence-electron chi connectivity index (χ1n) is 3.60. The second-order valence-corrected chi connectivity index (χ2v) is 2.39. The van der Waals surface area contributed by atoms with Crippen LogP contribution in [0.2, 0.25) is 0 Å². The van der Waals surface area contributed by atoms with Gasteiger partial charge in [-0.05, 0) is 19.1 Å². The maximum absolute atomic E-state index is 10.5. The summed E-state index contributed by atoms with van der Waals surface area (Å²) in [6.45, 7) is 1.58. The Balaban J connectivity index is 2.69. The fourth-order valence-corrected chi connectivity index (χ4v) is 0.748. The Kier molecular flexibility index (Phi) is 2.63. The minimum Gasteiger partial charge on any atom is -0.480 e. The van der Waals surface area contributed by atoms with Crippen LogP contribution in [-0.2, 0) is 4.79 Å². The van der Waals surface area contributed by atoms with Gasteiger partial charge < -0.3 is 5.11 Å². The highest BCUT2D eigenvalue weighted by molar-refractivity contribution is 5.75. The molecule has 1 aliphatic rings. The van der Waals surface area contributed by atoms with Crippen molar-refractivity contribution < 1.29 is 9.90 Å². The predicted octanol–water partition coefficient (Wildman–Crippen LogP) is 0.831. The molecule has 0 radical (unpaired) electrons. The minimum absolute atomic E-state index is 0.627. The zero-order valence-electron chi connectivity index (χ0n) is 6.71. The monoisotopic (exact) mass is 166 g/mol. The van der Waals surface area contributed by atoms with Crippen molar-refractivity contribution in [3.8, 4) is 0 Å². The molecule has 1 aliphatic heterocycles. The van der Waals surface area contributed by atoms with Gasteiger partial charge in [-0.15, -0.1) is 0 Å². The zero-order chi connectivity index (χ0) is 8.97. The summed E-state index contributed by atoms with van der Waals surface area (Å²) in [7, 11) is 0. The summed E-state index contributed by atoms with van der Waals surface area (Å²) < 4.78 is 0. The van der Waals surface area contributed by atoms with Gasteiger partial charge in [-0.2, -0.15) is 5.10 Å². The Hall–Kier alpha value is -1.58. The second-order valence-electron chi connectivity index (χ2n) is 2.39. The van der Waals surface area contributed by atoms with E-state index in [-0.39, 0.29) is 0 Å². The van der Waals surface area contributed by atoms with E-state index in [0.717, 1.165) is 0 Å². The average molecular weight is 166 g/mol. The van der Waals surface area contributed by atoms with Crippen LogP contribution in [0.3, 0.4) is 0 Å². The Labute approximate surface area is 70.5 Å². The van der Waals surface area contributed by atoms with Crippen LogP contribution in [0.1, 0.15) is 6.92 Å². The Morgan fingerprint density at radius 1 is 1.50 bits per heavy atom. The van der Waals surface area contributed by atoms with Crippen LogP contribution in [-0.4, -0.2) is 28.3 Å². The van der Waals surface area contributed by atoms with Gasteiger partial charge in [0.2, 0.25) is 0 Å². The Morgan fingerprint density at radius 2 is 2.25 bits per heavy atom. The van der Waals surface area contributed by atoms with Crippen molar-refractivity contribution >= 4 is 12.2 Å². The van der Waals surface area contributed by atoms with Gasteiger partial charge in [0.15, 0.2) is 0 Å². The van der Waals surface area contributed by atoms with Crippen molar-refractivity contribution in [1.82, 2.24) is 5.01 Å². The Bertz CT molecular complexity index is 240. The van der Waals surface area contributed by atoms with Crippen molar-refractivity contribution in [2.24, 2.45) is 5.10 Å². The van der Waals surface area contributed by atoms with Gasteiger partial charge in [0, 0.05) is 12.4 Å². The fourth-order valence-electron chi connectivity index (χ4n) is 0.748. The van der Waals surface area contributed by atoms with Crippen LogP contribution < -0.4 is 0 Å². The lowest BCUT2D eigenvalue weighted by Gasteiger charge is -2.17. The topological polar surface area (TPSA) is 52.9 Å². The van der Waals surface area contributed by atoms with Gasteiger partial charge in [0.1, 0.15) is 6.04 Å². The Morgan fingerprint density at radius 3 is 2.92 bits per heavy atom. The number of carboxylic acids is 1.